The Morgan fingerprint density at radius 2 is 1.12 bits per heavy atom. The van der Waals surface area contributed by atoms with Crippen LogP contribution >= 0.6 is 31.1 Å². The third-order valence-electron chi connectivity index (χ3n) is 11.5. The van der Waals surface area contributed by atoms with Gasteiger partial charge in [-0.1, -0.05) is 103 Å². The molecule has 0 bridgehead atoms. The largest absolute Gasteiger partial charge is 0.301 e. The lowest BCUT2D eigenvalue weighted by Crippen LogP contribution is -2.41. The van der Waals surface area contributed by atoms with Crippen LogP contribution in [0.5, 0.6) is 0 Å². The zero-order valence-corrected chi connectivity index (χ0v) is 34.8. The molecular formula is C45H61Cl2N2P. The third kappa shape index (κ3) is 7.58. The van der Waals surface area contributed by atoms with Crippen molar-refractivity contribution < 1.29 is 0 Å². The highest BCUT2D eigenvalue weighted by atomic mass is 35.5. The normalized spacial score (nSPS) is 24.1. The van der Waals surface area contributed by atoms with Gasteiger partial charge >= 0.3 is 0 Å². The average molecular weight is 732 g/mol. The minimum atomic E-state index is -0.519. The summed E-state index contributed by atoms with van der Waals surface area (Å²) < 4.78 is -0.469. The number of anilines is 2. The molecule has 3 fully saturated rings. The summed E-state index contributed by atoms with van der Waals surface area (Å²) >= 11 is 16.3. The summed E-state index contributed by atoms with van der Waals surface area (Å²) in [5, 5.41) is -0.177. The number of halogens is 2. The maximum atomic E-state index is 8.55. The van der Waals surface area contributed by atoms with E-state index in [1.807, 2.05) is 0 Å². The highest BCUT2D eigenvalue weighted by Gasteiger charge is 2.53. The summed E-state index contributed by atoms with van der Waals surface area (Å²) in [5.41, 5.74) is 17.9. The van der Waals surface area contributed by atoms with Gasteiger partial charge in [-0.25, -0.2) is 0 Å². The first-order valence-electron chi connectivity index (χ1n) is 19.5. The second kappa shape index (κ2) is 15.2. The Hall–Kier alpha value is -1.95. The van der Waals surface area contributed by atoms with Crippen LogP contribution in [0, 0.1) is 47.0 Å². The van der Waals surface area contributed by atoms with E-state index in [0.29, 0.717) is 11.3 Å². The van der Waals surface area contributed by atoms with Crippen molar-refractivity contribution in [2.45, 2.75) is 161 Å². The van der Waals surface area contributed by atoms with Crippen molar-refractivity contribution in [3.8, 4) is 0 Å². The van der Waals surface area contributed by atoms with Gasteiger partial charge in [0.1, 0.15) is 5.82 Å². The van der Waals surface area contributed by atoms with E-state index in [4.69, 9.17) is 23.2 Å². The molecule has 2 unspecified atom stereocenters. The zero-order chi connectivity index (χ0) is 36.0. The summed E-state index contributed by atoms with van der Waals surface area (Å²) in [6, 6.07) is 9.26. The summed E-state index contributed by atoms with van der Waals surface area (Å²) in [7, 11) is -0.519. The lowest BCUT2D eigenvalue weighted by Gasteiger charge is -2.51. The van der Waals surface area contributed by atoms with Crippen molar-refractivity contribution >= 4 is 42.5 Å². The minimum Gasteiger partial charge on any atom is -0.301 e. The highest BCUT2D eigenvalue weighted by Crippen LogP contribution is 2.71. The molecule has 2 aromatic carbocycles. The molecule has 1 aliphatic heterocycles. The number of hydrogen-bond acceptors (Lipinski definition) is 2. The molecule has 3 aliphatic carbocycles. The van der Waals surface area contributed by atoms with E-state index in [2.05, 4.69) is 121 Å². The molecule has 2 nitrogen and oxygen atoms in total. The zero-order valence-electron chi connectivity index (χ0n) is 32.4. The van der Waals surface area contributed by atoms with Crippen LogP contribution in [0.3, 0.4) is 0 Å². The second-order valence-electron chi connectivity index (χ2n) is 17.1. The Balaban J connectivity index is 1.67. The number of benzene rings is 2. The lowest BCUT2D eigenvalue weighted by molar-refractivity contribution is 0.476. The molecule has 2 aromatic rings. The van der Waals surface area contributed by atoms with Crippen molar-refractivity contribution in [3.05, 3.63) is 98.8 Å². The smallest absolute Gasteiger partial charge is 0.127 e. The molecule has 5 heteroatoms. The molecule has 0 radical (unpaired) electrons. The Morgan fingerprint density at radius 3 is 1.52 bits per heavy atom. The van der Waals surface area contributed by atoms with Crippen LogP contribution in [0.1, 0.15) is 131 Å². The highest BCUT2D eigenvalue weighted by molar-refractivity contribution is 7.63. The maximum absolute atomic E-state index is 8.55. The molecule has 6 rings (SSSR count). The minimum absolute atomic E-state index is 0.0418. The fourth-order valence-corrected chi connectivity index (χ4v) is 15.5. The molecule has 0 aromatic heterocycles. The molecule has 0 amide bonds. The predicted molar refractivity (Wildman–Crippen MR) is 222 cm³/mol. The summed E-state index contributed by atoms with van der Waals surface area (Å²) in [6.45, 7) is 20.2. The molecule has 2 atom stereocenters. The Kier molecular flexibility index (Phi) is 11.5. The molecule has 0 saturated heterocycles. The van der Waals surface area contributed by atoms with Gasteiger partial charge in [0.25, 0.3) is 0 Å². The van der Waals surface area contributed by atoms with Crippen LogP contribution in [0.2, 0.25) is 0 Å². The number of hydrogen-bond donors (Lipinski definition) is 0. The van der Waals surface area contributed by atoms with E-state index >= 15 is 0 Å². The van der Waals surface area contributed by atoms with Crippen LogP contribution in [-0.4, -0.2) is 21.3 Å². The van der Waals surface area contributed by atoms with Crippen LogP contribution in [0.25, 0.3) is 0 Å². The molecule has 4 aliphatic rings. The van der Waals surface area contributed by atoms with E-state index in [1.165, 1.54) is 120 Å². The number of alkyl halides is 2. The van der Waals surface area contributed by atoms with E-state index in [1.54, 1.807) is 0 Å². The fourth-order valence-electron chi connectivity index (χ4n) is 9.65. The van der Waals surface area contributed by atoms with Crippen molar-refractivity contribution in [2.75, 3.05) is 9.80 Å². The first kappa shape index (κ1) is 37.8. The van der Waals surface area contributed by atoms with Crippen molar-refractivity contribution in [1.82, 2.24) is 0 Å². The molecular weight excluding hydrogens is 670 g/mol. The quantitative estimate of drug-likeness (QED) is 0.172. The SMILES string of the molecule is Cc1cc(C)c(N2C=CN(c3c(C)cc(C)cc3C)C2=C2C(=C=CC(C)(C)C)C(Cl)(P(C3CCCCC3)C3CCCCC3)CCC2Cl)c(C)c1. The van der Waals surface area contributed by atoms with Crippen molar-refractivity contribution in [2.24, 2.45) is 5.41 Å². The predicted octanol–water partition coefficient (Wildman–Crippen LogP) is 14.2. The topological polar surface area (TPSA) is 6.48 Å². The standard InChI is InChI=1S/C45H61Cl2N2P/c1-30-26-32(3)41(33(4)27-30)48-24-25-49(42-34(5)28-31(2)29-35(42)6)43(48)40-38(20-22-44(7,8)9)45(47,23-21-39(40)46)50(36-16-12-10-13-17-36)37-18-14-11-15-19-37/h22,24-29,36-37,39H,10-19,21,23H2,1-9H3. The van der Waals surface area contributed by atoms with Gasteiger partial charge in [0, 0.05) is 23.5 Å². The number of rotatable bonds is 5. The number of allylic oxidation sites excluding steroid dienone is 2. The van der Waals surface area contributed by atoms with E-state index in [-0.39, 0.29) is 10.8 Å². The Bertz CT molecular complexity index is 1580. The van der Waals surface area contributed by atoms with E-state index in [9.17, 15) is 0 Å². The van der Waals surface area contributed by atoms with Crippen LogP contribution < -0.4 is 9.80 Å². The van der Waals surface area contributed by atoms with Gasteiger partial charge in [-0.05, 0) is 125 Å². The van der Waals surface area contributed by atoms with Crippen LogP contribution in [0.15, 0.2) is 65.4 Å². The molecule has 0 spiro atoms. The molecule has 1 heterocycles. The van der Waals surface area contributed by atoms with Gasteiger partial charge < -0.3 is 9.80 Å². The number of nitrogens with zero attached hydrogens (tertiary/aromatic N) is 2. The van der Waals surface area contributed by atoms with Crippen molar-refractivity contribution in [1.29, 1.82) is 0 Å². The monoisotopic (exact) mass is 730 g/mol. The molecule has 0 N–H and O–H groups in total. The van der Waals surface area contributed by atoms with Gasteiger partial charge in [0.15, 0.2) is 0 Å². The Labute approximate surface area is 315 Å². The molecule has 270 valence electrons. The van der Waals surface area contributed by atoms with Gasteiger partial charge in [-0.3, -0.25) is 0 Å². The van der Waals surface area contributed by atoms with Gasteiger partial charge in [-0.2, -0.15) is 0 Å². The Morgan fingerprint density at radius 1 is 0.700 bits per heavy atom. The first-order valence-corrected chi connectivity index (χ1v) is 21.8. The van der Waals surface area contributed by atoms with Gasteiger partial charge in [0.2, 0.25) is 0 Å². The average Bonchev–Trinajstić information content (AvgIpc) is 3.44. The summed E-state index contributed by atoms with van der Waals surface area (Å²) in [5.74, 6) is 1.13. The van der Waals surface area contributed by atoms with Crippen LogP contribution in [-0.2, 0) is 0 Å². The first-order chi connectivity index (χ1) is 23.7. The number of aryl methyl sites for hydroxylation is 6. The van der Waals surface area contributed by atoms with Crippen LogP contribution in [0.4, 0.5) is 11.4 Å². The van der Waals surface area contributed by atoms with E-state index < -0.39 is 12.5 Å². The lowest BCUT2D eigenvalue weighted by atomic mass is 9.86. The van der Waals surface area contributed by atoms with Gasteiger partial charge in [0.05, 0.1) is 21.4 Å². The summed E-state index contributed by atoms with van der Waals surface area (Å²) in [4.78, 5) is 4.89. The maximum Gasteiger partial charge on any atom is 0.127 e. The fraction of sp³-hybridized carbons (Fsp3) is 0.578. The third-order valence-corrected chi connectivity index (χ3v) is 16.8. The summed E-state index contributed by atoms with van der Waals surface area (Å²) in [6.07, 6.45) is 22.1. The van der Waals surface area contributed by atoms with E-state index in [0.717, 1.165) is 18.7 Å². The second-order valence-corrected chi connectivity index (χ2v) is 21.5. The molecule has 50 heavy (non-hydrogen) atoms. The van der Waals surface area contributed by atoms with Crippen molar-refractivity contribution in [3.63, 3.8) is 0 Å². The molecule has 3 saturated carbocycles. The van der Waals surface area contributed by atoms with Gasteiger partial charge in [-0.15, -0.1) is 28.9 Å².